The lowest BCUT2D eigenvalue weighted by Crippen LogP contribution is -2.29. The first-order valence-electron chi connectivity index (χ1n) is 9.06. The minimum absolute atomic E-state index is 0.0285. The molecule has 2 N–H and O–H groups in total. The van der Waals surface area contributed by atoms with Crippen LogP contribution in [0.5, 0.6) is 11.5 Å². The number of benzene rings is 1. The Hall–Kier alpha value is -1.82. The van der Waals surface area contributed by atoms with Crippen molar-refractivity contribution in [2.24, 2.45) is 11.8 Å². The van der Waals surface area contributed by atoms with Crippen LogP contribution in [0.1, 0.15) is 24.6 Å². The molecular weight excluding hydrogens is 352 g/mol. The summed E-state index contributed by atoms with van der Waals surface area (Å²) in [7, 11) is 0. The molecule has 0 amide bonds. The number of pyridine rings is 1. The third kappa shape index (κ3) is 3.80. The zero-order valence-corrected chi connectivity index (χ0v) is 15.2. The van der Waals surface area contributed by atoms with Crippen molar-refractivity contribution >= 4 is 11.6 Å². The number of ether oxygens (including phenoxy) is 1. The molecule has 1 aliphatic carbocycles. The summed E-state index contributed by atoms with van der Waals surface area (Å²) in [6, 6.07) is 13.1. The number of halogens is 1. The predicted molar refractivity (Wildman–Crippen MR) is 99.4 cm³/mol. The number of rotatable bonds is 5. The number of hydrogen-bond donors (Lipinski definition) is 2. The fraction of sp³-hybridized carbons (Fsp3) is 0.450. The first kappa shape index (κ1) is 17.6. The van der Waals surface area contributed by atoms with E-state index in [1.807, 2.05) is 30.3 Å². The van der Waals surface area contributed by atoms with Crippen LogP contribution in [-0.2, 0) is 0 Å². The molecule has 2 aliphatic rings. The van der Waals surface area contributed by atoms with E-state index in [1.54, 1.807) is 6.07 Å². The maximum absolute atomic E-state index is 10.4. The summed E-state index contributed by atoms with van der Waals surface area (Å²) in [6.45, 7) is 2.48. The second kappa shape index (κ2) is 7.43. The van der Waals surface area contributed by atoms with E-state index < -0.39 is 6.10 Å². The molecular formula is C20H23ClN2O3. The molecule has 2 aromatic rings. The molecule has 1 saturated heterocycles. The van der Waals surface area contributed by atoms with E-state index in [-0.39, 0.29) is 17.0 Å². The van der Waals surface area contributed by atoms with Gasteiger partial charge in [-0.05, 0) is 48.9 Å². The van der Waals surface area contributed by atoms with Crippen molar-refractivity contribution in [1.29, 1.82) is 0 Å². The molecule has 1 unspecified atom stereocenters. The number of likely N-dealkylation sites (tertiary alicyclic amines) is 1. The minimum Gasteiger partial charge on any atom is -0.505 e. The lowest BCUT2D eigenvalue weighted by molar-refractivity contribution is 0.113. The Morgan fingerprint density at radius 2 is 1.81 bits per heavy atom. The highest BCUT2D eigenvalue weighted by molar-refractivity contribution is 6.30. The van der Waals surface area contributed by atoms with Crippen LogP contribution >= 0.6 is 11.6 Å². The third-order valence-electron chi connectivity index (χ3n) is 5.45. The van der Waals surface area contributed by atoms with E-state index in [4.69, 9.17) is 16.3 Å². The topological polar surface area (TPSA) is 65.8 Å². The molecule has 4 atom stereocenters. The van der Waals surface area contributed by atoms with Gasteiger partial charge in [-0.1, -0.05) is 29.8 Å². The number of β-amino-alcohol motifs (C(OH)–C–C–N with tert-alkyl or cyclic N) is 1. The lowest BCUT2D eigenvalue weighted by atomic mass is 10.0. The minimum atomic E-state index is -0.705. The van der Waals surface area contributed by atoms with Crippen LogP contribution in [0.15, 0.2) is 42.5 Å². The molecule has 1 saturated carbocycles. The predicted octanol–water partition coefficient (Wildman–Crippen LogP) is 3.26. The number of para-hydroxylation sites is 1. The highest BCUT2D eigenvalue weighted by atomic mass is 35.5. The van der Waals surface area contributed by atoms with Crippen molar-refractivity contribution < 1.29 is 14.9 Å². The molecule has 1 aromatic heterocycles. The molecule has 6 heteroatoms. The Labute approximate surface area is 158 Å². The molecule has 0 spiro atoms. The van der Waals surface area contributed by atoms with Crippen LogP contribution in [0.2, 0.25) is 5.15 Å². The highest BCUT2D eigenvalue weighted by Gasteiger charge is 2.42. The first-order valence-corrected chi connectivity index (χ1v) is 9.44. The van der Waals surface area contributed by atoms with E-state index in [0.717, 1.165) is 31.7 Å². The van der Waals surface area contributed by atoms with Gasteiger partial charge in [0.2, 0.25) is 0 Å². The number of aromatic hydroxyl groups is 1. The van der Waals surface area contributed by atoms with Gasteiger partial charge in [-0.3, -0.25) is 4.90 Å². The van der Waals surface area contributed by atoms with Gasteiger partial charge in [-0.15, -0.1) is 0 Å². The van der Waals surface area contributed by atoms with Gasteiger partial charge in [0.25, 0.3) is 0 Å². The Balaban J connectivity index is 1.29. The third-order valence-corrected chi connectivity index (χ3v) is 5.73. The Kier molecular flexibility index (Phi) is 5.02. The largest absolute Gasteiger partial charge is 0.505 e. The number of nitrogens with zero attached hydrogens (tertiary/aromatic N) is 2. The van der Waals surface area contributed by atoms with E-state index in [9.17, 15) is 10.2 Å². The van der Waals surface area contributed by atoms with Crippen molar-refractivity contribution in [3.8, 4) is 11.5 Å². The van der Waals surface area contributed by atoms with E-state index in [1.165, 1.54) is 6.07 Å². The molecule has 5 nitrogen and oxygen atoms in total. The van der Waals surface area contributed by atoms with Crippen molar-refractivity contribution in [3.05, 3.63) is 53.3 Å². The maximum atomic E-state index is 10.4. The fourth-order valence-electron chi connectivity index (χ4n) is 4.24. The quantitative estimate of drug-likeness (QED) is 0.786. The molecule has 1 aromatic carbocycles. The monoisotopic (exact) mass is 374 g/mol. The van der Waals surface area contributed by atoms with Crippen LogP contribution in [0, 0.1) is 11.8 Å². The molecule has 1 aliphatic heterocycles. The summed E-state index contributed by atoms with van der Waals surface area (Å²) in [5.74, 6) is 2.11. The van der Waals surface area contributed by atoms with E-state index in [2.05, 4.69) is 9.88 Å². The van der Waals surface area contributed by atoms with Crippen LogP contribution < -0.4 is 4.74 Å². The molecule has 2 fully saturated rings. The van der Waals surface area contributed by atoms with Crippen molar-refractivity contribution in [1.82, 2.24) is 9.88 Å². The van der Waals surface area contributed by atoms with Crippen molar-refractivity contribution in [3.63, 3.8) is 0 Å². The average molecular weight is 375 g/mol. The van der Waals surface area contributed by atoms with Gasteiger partial charge in [0.05, 0.1) is 11.8 Å². The fourth-order valence-corrected chi connectivity index (χ4v) is 4.40. The lowest BCUT2D eigenvalue weighted by Gasteiger charge is -2.22. The number of aliphatic hydroxyl groups excluding tert-OH is 1. The van der Waals surface area contributed by atoms with Crippen molar-refractivity contribution in [2.75, 3.05) is 19.6 Å². The second-order valence-electron chi connectivity index (χ2n) is 7.32. The van der Waals surface area contributed by atoms with Crippen LogP contribution in [0.3, 0.4) is 0 Å². The highest BCUT2D eigenvalue weighted by Crippen LogP contribution is 2.40. The van der Waals surface area contributed by atoms with Crippen LogP contribution in [0.4, 0.5) is 0 Å². The zero-order chi connectivity index (χ0) is 18.1. The van der Waals surface area contributed by atoms with Gasteiger partial charge in [0, 0.05) is 19.6 Å². The summed E-state index contributed by atoms with van der Waals surface area (Å²) >= 11 is 5.84. The Morgan fingerprint density at radius 3 is 2.46 bits per heavy atom. The normalized spacial score (nSPS) is 26.6. The summed E-state index contributed by atoms with van der Waals surface area (Å²) in [4.78, 5) is 6.36. The summed E-state index contributed by atoms with van der Waals surface area (Å²) in [5, 5.41) is 19.9. The first-order chi connectivity index (χ1) is 12.6. The SMILES string of the molecule is Oc1ccc([C@H](O)CN2C[C@H]3CC(Oc4ccccc4)C[C@H]3C2)nc1Cl. The number of hydrogen-bond acceptors (Lipinski definition) is 5. The van der Waals surface area contributed by atoms with Gasteiger partial charge in [0.15, 0.2) is 10.9 Å². The second-order valence-corrected chi connectivity index (χ2v) is 7.68. The zero-order valence-electron chi connectivity index (χ0n) is 14.5. The van der Waals surface area contributed by atoms with Crippen LogP contribution in [-0.4, -0.2) is 45.8 Å². The van der Waals surface area contributed by atoms with Crippen molar-refractivity contribution in [2.45, 2.75) is 25.0 Å². The van der Waals surface area contributed by atoms with Gasteiger partial charge < -0.3 is 14.9 Å². The van der Waals surface area contributed by atoms with Gasteiger partial charge in [-0.25, -0.2) is 4.98 Å². The molecule has 0 bridgehead atoms. The number of fused-ring (bicyclic) bond motifs is 1. The standard InChI is InChI=1S/C20H23ClN2O3/c21-20-18(24)7-6-17(22-20)19(25)12-23-10-13-8-16(9-14(13)11-23)26-15-4-2-1-3-5-15/h1-7,13-14,16,19,24-25H,8-12H2/t13-,14+,16?,19-/m1/s1. The molecule has 26 heavy (non-hydrogen) atoms. The smallest absolute Gasteiger partial charge is 0.171 e. The molecule has 2 heterocycles. The Morgan fingerprint density at radius 1 is 1.12 bits per heavy atom. The maximum Gasteiger partial charge on any atom is 0.171 e. The van der Waals surface area contributed by atoms with E-state index >= 15 is 0 Å². The van der Waals surface area contributed by atoms with Gasteiger partial charge in [0.1, 0.15) is 11.9 Å². The summed E-state index contributed by atoms with van der Waals surface area (Å²) in [6.07, 6.45) is 1.71. The summed E-state index contributed by atoms with van der Waals surface area (Å²) in [5.41, 5.74) is 0.496. The molecule has 4 rings (SSSR count). The Bertz CT molecular complexity index is 744. The van der Waals surface area contributed by atoms with Gasteiger partial charge >= 0.3 is 0 Å². The number of aromatic nitrogens is 1. The van der Waals surface area contributed by atoms with E-state index in [0.29, 0.717) is 24.1 Å². The average Bonchev–Trinajstić information content (AvgIpc) is 3.16. The van der Waals surface area contributed by atoms with Gasteiger partial charge in [-0.2, -0.15) is 0 Å². The molecule has 0 radical (unpaired) electrons. The number of aliphatic hydroxyl groups is 1. The summed E-state index contributed by atoms with van der Waals surface area (Å²) < 4.78 is 6.11. The molecule has 138 valence electrons. The van der Waals surface area contributed by atoms with Crippen LogP contribution in [0.25, 0.3) is 0 Å².